The lowest BCUT2D eigenvalue weighted by atomic mass is 10.2. The summed E-state index contributed by atoms with van der Waals surface area (Å²) in [4.78, 5) is 4.16. The van der Waals surface area contributed by atoms with Crippen molar-refractivity contribution in [3.63, 3.8) is 0 Å². The van der Waals surface area contributed by atoms with Gasteiger partial charge in [0, 0.05) is 18.9 Å². The van der Waals surface area contributed by atoms with E-state index in [0.717, 1.165) is 12.4 Å². The number of nitrogens with zero attached hydrogens (tertiary/aromatic N) is 2. The summed E-state index contributed by atoms with van der Waals surface area (Å²) in [5.74, 6) is 1.13. The molecule has 0 fully saturated rings. The summed E-state index contributed by atoms with van der Waals surface area (Å²) in [6.07, 6.45) is 7.78. The maximum Gasteiger partial charge on any atom is 0.105 e. The van der Waals surface area contributed by atoms with Crippen LogP contribution in [0, 0.1) is 6.92 Å². The molecule has 2 nitrogen and oxygen atoms in total. The van der Waals surface area contributed by atoms with Gasteiger partial charge in [-0.2, -0.15) is 0 Å². The largest absolute Gasteiger partial charge is 0.335 e. The molecule has 0 saturated carbocycles. The molecular formula is C13H28N2. The van der Waals surface area contributed by atoms with Gasteiger partial charge < -0.3 is 4.57 Å². The summed E-state index contributed by atoms with van der Waals surface area (Å²) < 4.78 is 2.20. The normalized spacial score (nSPS) is 8.40. The van der Waals surface area contributed by atoms with Gasteiger partial charge in [-0.25, -0.2) is 4.98 Å². The maximum atomic E-state index is 4.16. The van der Waals surface area contributed by atoms with Crippen LogP contribution < -0.4 is 0 Å². The maximum absolute atomic E-state index is 4.16. The molecule has 0 aliphatic carbocycles. The van der Waals surface area contributed by atoms with E-state index in [1.54, 1.807) is 0 Å². The minimum Gasteiger partial charge on any atom is -0.335 e. The fourth-order valence-corrected chi connectivity index (χ4v) is 1.17. The molecule has 0 spiro atoms. The summed E-state index contributed by atoms with van der Waals surface area (Å²) in [6, 6.07) is 0. The Balaban J connectivity index is 0. The highest BCUT2D eigenvalue weighted by atomic mass is 15.0. The number of imidazole rings is 1. The van der Waals surface area contributed by atoms with Crippen LogP contribution in [0.1, 0.15) is 59.7 Å². The van der Waals surface area contributed by atoms with Crippen LogP contribution in [0.15, 0.2) is 12.4 Å². The van der Waals surface area contributed by atoms with Crippen molar-refractivity contribution in [3.8, 4) is 0 Å². The highest BCUT2D eigenvalue weighted by molar-refractivity contribution is 4.87. The Morgan fingerprint density at radius 3 is 2.13 bits per heavy atom. The van der Waals surface area contributed by atoms with Gasteiger partial charge in [0.2, 0.25) is 0 Å². The molecule has 1 aromatic rings. The molecule has 0 radical (unpaired) electrons. The van der Waals surface area contributed by atoms with Crippen molar-refractivity contribution in [2.75, 3.05) is 0 Å². The second-order valence-electron chi connectivity index (χ2n) is 2.87. The molecule has 1 rings (SSSR count). The zero-order chi connectivity index (χ0) is 12.1. The first-order valence-corrected chi connectivity index (χ1v) is 6.32. The minimum absolute atomic E-state index is 1.12. The van der Waals surface area contributed by atoms with Crippen LogP contribution >= 0.6 is 0 Å². The van der Waals surface area contributed by atoms with Crippen LogP contribution in [0.4, 0.5) is 0 Å². The van der Waals surface area contributed by atoms with Crippen LogP contribution in [-0.2, 0) is 6.54 Å². The average Bonchev–Trinajstić information content (AvgIpc) is 2.71. The molecule has 15 heavy (non-hydrogen) atoms. The number of aromatic nitrogens is 2. The van der Waals surface area contributed by atoms with E-state index in [1.165, 1.54) is 19.3 Å². The number of hydrogen-bond acceptors (Lipinski definition) is 1. The summed E-state index contributed by atoms with van der Waals surface area (Å²) >= 11 is 0. The van der Waals surface area contributed by atoms with Gasteiger partial charge >= 0.3 is 0 Å². The number of unbranched alkanes of at least 4 members (excludes halogenated alkanes) is 2. The first-order valence-electron chi connectivity index (χ1n) is 6.32. The van der Waals surface area contributed by atoms with E-state index >= 15 is 0 Å². The van der Waals surface area contributed by atoms with Crippen molar-refractivity contribution in [1.29, 1.82) is 0 Å². The summed E-state index contributed by atoms with van der Waals surface area (Å²) in [5, 5.41) is 0. The molecule has 2 heteroatoms. The number of aryl methyl sites for hydroxylation is 2. The Morgan fingerprint density at radius 2 is 1.73 bits per heavy atom. The van der Waals surface area contributed by atoms with Crippen LogP contribution in [0.5, 0.6) is 0 Å². The van der Waals surface area contributed by atoms with Crippen molar-refractivity contribution >= 4 is 0 Å². The van der Waals surface area contributed by atoms with Gasteiger partial charge in [-0.1, -0.05) is 47.5 Å². The first kappa shape index (κ1) is 16.6. The van der Waals surface area contributed by atoms with Crippen molar-refractivity contribution in [2.24, 2.45) is 0 Å². The molecule has 0 aliphatic rings. The minimum atomic E-state index is 1.12. The Bertz CT molecular complexity index is 204. The van der Waals surface area contributed by atoms with E-state index < -0.39 is 0 Å². The van der Waals surface area contributed by atoms with Gasteiger partial charge in [-0.15, -0.1) is 0 Å². The third kappa shape index (κ3) is 8.22. The van der Waals surface area contributed by atoms with Crippen LogP contribution in [0.2, 0.25) is 0 Å². The Kier molecular flexibility index (Phi) is 14.6. The molecule has 0 atom stereocenters. The summed E-state index contributed by atoms with van der Waals surface area (Å²) in [6.45, 7) is 13.4. The third-order valence-corrected chi connectivity index (χ3v) is 1.93. The fourth-order valence-electron chi connectivity index (χ4n) is 1.17. The lowest BCUT2D eigenvalue weighted by Gasteiger charge is -2.02. The van der Waals surface area contributed by atoms with Gasteiger partial charge in [0.1, 0.15) is 5.82 Å². The average molecular weight is 212 g/mol. The van der Waals surface area contributed by atoms with E-state index in [4.69, 9.17) is 0 Å². The van der Waals surface area contributed by atoms with Gasteiger partial charge in [0.25, 0.3) is 0 Å². The smallest absolute Gasteiger partial charge is 0.105 e. The SMILES string of the molecule is CC.CC.CCCCCn1ccnc1C. The predicted molar refractivity (Wildman–Crippen MR) is 69.2 cm³/mol. The van der Waals surface area contributed by atoms with E-state index in [9.17, 15) is 0 Å². The quantitative estimate of drug-likeness (QED) is 0.675. The molecule has 1 aromatic heterocycles. The molecule has 0 N–H and O–H groups in total. The molecule has 90 valence electrons. The van der Waals surface area contributed by atoms with Gasteiger partial charge in [-0.05, 0) is 13.3 Å². The standard InChI is InChI=1S/C9H16N2.2C2H6/c1-3-4-5-7-11-8-6-10-9(11)2;2*1-2/h6,8H,3-5,7H2,1-2H3;2*1-2H3. The van der Waals surface area contributed by atoms with Crippen LogP contribution in [-0.4, -0.2) is 9.55 Å². The monoisotopic (exact) mass is 212 g/mol. The fraction of sp³-hybridized carbons (Fsp3) is 0.769. The Morgan fingerprint density at radius 1 is 1.13 bits per heavy atom. The molecule has 0 aromatic carbocycles. The zero-order valence-electron chi connectivity index (χ0n) is 11.4. The second kappa shape index (κ2) is 13.2. The zero-order valence-corrected chi connectivity index (χ0v) is 11.4. The Labute approximate surface area is 95.7 Å². The highest BCUT2D eigenvalue weighted by Crippen LogP contribution is 2.00. The summed E-state index contributed by atoms with van der Waals surface area (Å²) in [7, 11) is 0. The molecule has 1 heterocycles. The number of hydrogen-bond donors (Lipinski definition) is 0. The molecule has 0 aliphatic heterocycles. The van der Waals surface area contributed by atoms with E-state index in [1.807, 2.05) is 47.0 Å². The van der Waals surface area contributed by atoms with Crippen molar-refractivity contribution < 1.29 is 0 Å². The summed E-state index contributed by atoms with van der Waals surface area (Å²) in [5.41, 5.74) is 0. The van der Waals surface area contributed by atoms with Gasteiger partial charge in [-0.3, -0.25) is 0 Å². The topological polar surface area (TPSA) is 17.8 Å². The lowest BCUT2D eigenvalue weighted by Crippen LogP contribution is -1.98. The molecule has 0 unspecified atom stereocenters. The Hall–Kier alpha value is -0.790. The number of rotatable bonds is 4. The predicted octanol–water partition coefficient (Wildman–Crippen LogP) is 4.43. The molecule has 0 saturated heterocycles. The van der Waals surface area contributed by atoms with Gasteiger partial charge in [0.05, 0.1) is 0 Å². The first-order chi connectivity index (χ1) is 7.34. The second-order valence-corrected chi connectivity index (χ2v) is 2.87. The highest BCUT2D eigenvalue weighted by Gasteiger charge is 1.94. The van der Waals surface area contributed by atoms with E-state index in [0.29, 0.717) is 0 Å². The lowest BCUT2D eigenvalue weighted by molar-refractivity contribution is 0.590. The molecule has 0 bridgehead atoms. The van der Waals surface area contributed by atoms with Crippen molar-refractivity contribution in [1.82, 2.24) is 9.55 Å². The van der Waals surface area contributed by atoms with Crippen molar-refractivity contribution in [2.45, 2.75) is 67.3 Å². The molecular weight excluding hydrogens is 184 g/mol. The van der Waals surface area contributed by atoms with Crippen molar-refractivity contribution in [3.05, 3.63) is 18.2 Å². The van der Waals surface area contributed by atoms with Gasteiger partial charge in [0.15, 0.2) is 0 Å². The van der Waals surface area contributed by atoms with Crippen LogP contribution in [0.25, 0.3) is 0 Å². The van der Waals surface area contributed by atoms with E-state index in [-0.39, 0.29) is 0 Å². The third-order valence-electron chi connectivity index (χ3n) is 1.93. The molecule has 0 amide bonds. The van der Waals surface area contributed by atoms with Crippen LogP contribution in [0.3, 0.4) is 0 Å². The van der Waals surface area contributed by atoms with E-state index in [2.05, 4.69) is 16.5 Å².